The number of aromatic nitrogens is 8. The van der Waals surface area contributed by atoms with E-state index < -0.39 is 30.4 Å². The topological polar surface area (TPSA) is 218 Å². The molecule has 90 heavy (non-hydrogen) atoms. The maximum Gasteiger partial charge on any atom is 0.496 e. The maximum absolute atomic E-state index is 15.4. The quantitative estimate of drug-likeness (QED) is 0.0739. The Hall–Kier alpha value is -9.31. The van der Waals surface area contributed by atoms with Crippen LogP contribution in [-0.2, 0) is 18.8 Å². The molecule has 0 unspecified atom stereocenters. The molecular formula is C66H58BF4IN14O4. The molecule has 0 bridgehead atoms. The number of hydrogen-bond acceptors (Lipinski definition) is 18. The molecule has 0 aliphatic carbocycles. The van der Waals surface area contributed by atoms with Gasteiger partial charge in [-0.2, -0.15) is 10.5 Å². The fraction of sp³-hybridized carbons (Fsp3) is 0.242. The number of benzene rings is 2. The number of hydrogen-bond donors (Lipinski definition) is 2. The Morgan fingerprint density at radius 3 is 1.49 bits per heavy atom. The molecule has 13 rings (SSSR count). The number of anilines is 6. The zero-order chi connectivity index (χ0) is 63.3. The van der Waals surface area contributed by atoms with E-state index in [0.29, 0.717) is 102 Å². The van der Waals surface area contributed by atoms with Gasteiger partial charge in [0.25, 0.3) is 0 Å². The second-order valence-corrected chi connectivity index (χ2v) is 23.4. The number of pyridine rings is 8. The maximum atomic E-state index is 15.4. The van der Waals surface area contributed by atoms with Crippen molar-refractivity contribution in [2.45, 2.75) is 52.7 Å². The second kappa shape index (κ2) is 26.8. The molecule has 3 aliphatic rings. The molecule has 0 saturated carbocycles. The predicted octanol–water partition coefficient (Wildman–Crippen LogP) is 12.5. The standard InChI is InChI=1S/C30H23F2N7O.C24H20F2IN5O.C12H15BN2O2/c1-18-29(24-4-2-3-7-34-24)38-26-13-20(31)12-23(32)28(26)30(18)37-25-14-27(39-8-10-40-11-9-39)36-17-22(25)19-5-6-21(15-33)35-16-19;1-14-23(18-4-2-3-5-28-18)31-20-11-15(25)10-16(26)22(20)24(14)30-19-12-21(29-13-17(19)27)32-6-8-33-9-7-32;1-11(2)12(3,4)17-13(16-11)9-5-6-10(7-14)15-8-9/h2-7,12-14,16-17H,8-11H2,1H3,(H,36,37,38);2-5,10-13H,6-9H2,1H3,(H,29,30,31);5-6,8H,1-4H3. The number of ether oxygens (including phenoxy) is 2. The smallest absolute Gasteiger partial charge is 0.399 e. The van der Waals surface area contributed by atoms with Gasteiger partial charge in [-0.05, 0) is 107 Å². The number of rotatable bonds is 10. The molecule has 3 saturated heterocycles. The third-order valence-corrected chi connectivity index (χ3v) is 16.7. The minimum absolute atomic E-state index is 0.159. The lowest BCUT2D eigenvalue weighted by Crippen LogP contribution is -2.41. The van der Waals surface area contributed by atoms with E-state index in [1.165, 1.54) is 12.1 Å². The summed E-state index contributed by atoms with van der Waals surface area (Å²) in [6, 6.07) is 29.9. The number of nitriles is 2. The second-order valence-electron chi connectivity index (χ2n) is 22.2. The molecule has 18 nitrogen and oxygen atoms in total. The van der Waals surface area contributed by atoms with Crippen LogP contribution in [0.25, 0.3) is 55.7 Å². The van der Waals surface area contributed by atoms with Gasteiger partial charge in [-0.15, -0.1) is 0 Å². The average molecular weight is 1320 g/mol. The lowest BCUT2D eigenvalue weighted by molar-refractivity contribution is 0.00578. The first-order chi connectivity index (χ1) is 43.4. The highest BCUT2D eigenvalue weighted by molar-refractivity contribution is 14.1. The van der Waals surface area contributed by atoms with E-state index in [9.17, 15) is 14.0 Å². The van der Waals surface area contributed by atoms with Crippen molar-refractivity contribution in [1.82, 2.24) is 39.9 Å². The molecule has 3 aliphatic heterocycles. The highest BCUT2D eigenvalue weighted by atomic mass is 127. The summed E-state index contributed by atoms with van der Waals surface area (Å²) in [4.78, 5) is 39.7. The molecule has 10 aromatic rings. The van der Waals surface area contributed by atoms with E-state index in [2.05, 4.69) is 77.9 Å². The van der Waals surface area contributed by atoms with Crippen LogP contribution in [0.5, 0.6) is 0 Å². The molecule has 11 heterocycles. The van der Waals surface area contributed by atoms with Gasteiger partial charge in [0.2, 0.25) is 0 Å². The molecule has 0 spiro atoms. The lowest BCUT2D eigenvalue weighted by Gasteiger charge is -2.32. The summed E-state index contributed by atoms with van der Waals surface area (Å²) in [5.41, 5.74) is 8.60. The van der Waals surface area contributed by atoms with Crippen molar-refractivity contribution >= 4 is 91.4 Å². The molecule has 2 aromatic carbocycles. The van der Waals surface area contributed by atoms with Crippen LogP contribution in [0.3, 0.4) is 0 Å². The van der Waals surface area contributed by atoms with Crippen LogP contribution in [0.2, 0.25) is 0 Å². The normalized spacial score (nSPS) is 15.1. The van der Waals surface area contributed by atoms with Gasteiger partial charge in [0.1, 0.15) is 58.4 Å². The van der Waals surface area contributed by atoms with Crippen LogP contribution in [0.1, 0.15) is 50.2 Å². The van der Waals surface area contributed by atoms with Crippen molar-refractivity contribution in [3.05, 3.63) is 184 Å². The van der Waals surface area contributed by atoms with E-state index >= 15 is 8.78 Å². The first-order valence-electron chi connectivity index (χ1n) is 28.7. The van der Waals surface area contributed by atoms with Crippen LogP contribution in [0.15, 0.2) is 134 Å². The zero-order valence-corrected chi connectivity index (χ0v) is 52.0. The van der Waals surface area contributed by atoms with E-state index in [1.807, 2.05) is 96.1 Å². The van der Waals surface area contributed by atoms with Crippen molar-refractivity contribution in [3.63, 3.8) is 0 Å². The Bertz CT molecular complexity index is 4350. The highest BCUT2D eigenvalue weighted by Crippen LogP contribution is 2.42. The van der Waals surface area contributed by atoms with Crippen LogP contribution >= 0.6 is 22.6 Å². The zero-order valence-electron chi connectivity index (χ0n) is 49.8. The van der Waals surface area contributed by atoms with Crippen molar-refractivity contribution in [1.29, 1.82) is 10.5 Å². The predicted molar refractivity (Wildman–Crippen MR) is 346 cm³/mol. The average Bonchev–Trinajstić information content (AvgIpc) is 1.55. The van der Waals surface area contributed by atoms with Gasteiger partial charge < -0.3 is 39.2 Å². The number of nitrogens with zero attached hydrogens (tertiary/aromatic N) is 12. The molecule has 0 amide bonds. The van der Waals surface area contributed by atoms with E-state index in [1.54, 1.807) is 67.5 Å². The fourth-order valence-electron chi connectivity index (χ4n) is 10.3. The van der Waals surface area contributed by atoms with Gasteiger partial charge >= 0.3 is 7.12 Å². The minimum Gasteiger partial charge on any atom is -0.399 e. The summed E-state index contributed by atoms with van der Waals surface area (Å²) in [5.74, 6) is -1.26. The molecule has 2 N–H and O–H groups in total. The Balaban J connectivity index is 0.000000150. The highest BCUT2D eigenvalue weighted by Gasteiger charge is 2.51. The van der Waals surface area contributed by atoms with E-state index in [4.69, 9.17) is 29.0 Å². The van der Waals surface area contributed by atoms with Crippen LogP contribution in [-0.4, -0.2) is 111 Å². The van der Waals surface area contributed by atoms with E-state index in [-0.39, 0.29) is 38.7 Å². The van der Waals surface area contributed by atoms with Crippen molar-refractivity contribution in [2.75, 3.05) is 73.0 Å². The van der Waals surface area contributed by atoms with Gasteiger partial charge in [0.15, 0.2) is 0 Å². The molecule has 0 atom stereocenters. The Morgan fingerprint density at radius 2 is 1.03 bits per heavy atom. The number of fused-ring (bicyclic) bond motifs is 2. The lowest BCUT2D eigenvalue weighted by atomic mass is 9.80. The molecular weight excluding hydrogens is 1270 g/mol. The minimum atomic E-state index is -0.732. The molecule has 8 aromatic heterocycles. The monoisotopic (exact) mass is 1320 g/mol. The Labute approximate surface area is 530 Å². The molecule has 454 valence electrons. The van der Waals surface area contributed by atoms with Crippen LogP contribution in [0.4, 0.5) is 51.9 Å². The molecule has 3 fully saturated rings. The largest absolute Gasteiger partial charge is 0.496 e. The third kappa shape index (κ3) is 13.5. The summed E-state index contributed by atoms with van der Waals surface area (Å²) in [5, 5.41) is 25.1. The molecule has 24 heteroatoms. The Morgan fingerprint density at radius 1 is 0.556 bits per heavy atom. The van der Waals surface area contributed by atoms with E-state index in [0.717, 1.165) is 57.1 Å². The Kier molecular flexibility index (Phi) is 18.6. The van der Waals surface area contributed by atoms with Crippen LogP contribution < -0.4 is 25.9 Å². The summed E-state index contributed by atoms with van der Waals surface area (Å²) >= 11 is 2.19. The number of morpholine rings is 2. The van der Waals surface area contributed by atoms with Gasteiger partial charge in [-0.3, -0.25) is 9.97 Å². The van der Waals surface area contributed by atoms with Gasteiger partial charge in [-0.1, -0.05) is 18.2 Å². The van der Waals surface area contributed by atoms with Gasteiger partial charge in [-0.25, -0.2) is 47.5 Å². The summed E-state index contributed by atoms with van der Waals surface area (Å²) in [7, 11) is -0.416. The summed E-state index contributed by atoms with van der Waals surface area (Å²) in [6.45, 7) is 17.0. The SMILES string of the molecule is CC1(C)OB(c2ccc(C#N)nc2)OC1(C)C.Cc1c(-c2ccccn2)nc2cc(F)cc(F)c2c1Nc1cc(N2CCOCC2)ncc1-c1ccc(C#N)nc1.Cc1c(-c2ccccn2)nc2cc(F)cc(F)c2c1Nc1cc(N2CCOCC2)ncc1I. The summed E-state index contributed by atoms with van der Waals surface area (Å²) in [6.07, 6.45) is 10.0. The first-order valence-corrected chi connectivity index (χ1v) is 29.8. The first kappa shape index (κ1) is 62.3. The number of halogens is 5. The van der Waals surface area contributed by atoms with Crippen molar-refractivity contribution in [3.8, 4) is 46.0 Å². The molecule has 0 radical (unpaired) electrons. The van der Waals surface area contributed by atoms with Gasteiger partial charge in [0, 0.05) is 127 Å². The third-order valence-electron chi connectivity index (χ3n) is 15.8. The number of nitrogens with one attached hydrogen (secondary N) is 2. The van der Waals surface area contributed by atoms with Gasteiger partial charge in [0.05, 0.1) is 109 Å². The van der Waals surface area contributed by atoms with Crippen molar-refractivity contribution < 1.29 is 36.3 Å². The van der Waals surface area contributed by atoms with Crippen molar-refractivity contribution in [2.24, 2.45) is 0 Å². The summed E-state index contributed by atoms with van der Waals surface area (Å²) < 4.78 is 82.4. The van der Waals surface area contributed by atoms with Crippen LogP contribution in [0, 0.1) is 63.3 Å². The fourth-order valence-corrected chi connectivity index (χ4v) is 10.8.